The van der Waals surface area contributed by atoms with Crippen LogP contribution in [-0.2, 0) is 4.79 Å². The molecule has 1 aromatic carbocycles. The zero-order chi connectivity index (χ0) is 21.0. The number of ketones is 1. The van der Waals surface area contributed by atoms with Crippen molar-refractivity contribution < 1.29 is 28.2 Å². The summed E-state index contributed by atoms with van der Waals surface area (Å²) in [5.74, 6) is 0.830. The van der Waals surface area contributed by atoms with Crippen molar-refractivity contribution in [3.05, 3.63) is 48.3 Å². The molecule has 0 saturated heterocycles. The lowest BCUT2D eigenvalue weighted by molar-refractivity contribution is -0.173. The molecule has 1 amide bonds. The fourth-order valence-corrected chi connectivity index (χ4v) is 4.92. The first-order valence-electron chi connectivity index (χ1n) is 9.84. The van der Waals surface area contributed by atoms with Crippen molar-refractivity contribution in [2.24, 2.45) is 5.41 Å². The summed E-state index contributed by atoms with van der Waals surface area (Å²) in [6.07, 6.45) is 6.00. The summed E-state index contributed by atoms with van der Waals surface area (Å²) < 4.78 is 29.3. The second kappa shape index (κ2) is 6.42. The van der Waals surface area contributed by atoms with E-state index in [4.69, 9.17) is 14.2 Å². The summed E-state index contributed by atoms with van der Waals surface area (Å²) in [5.41, 5.74) is 0.315. The molecular weight excluding hydrogens is 391 g/mol. The Morgan fingerprint density at radius 1 is 1.20 bits per heavy atom. The lowest BCUT2D eigenvalue weighted by Gasteiger charge is -2.70. The van der Waals surface area contributed by atoms with Crippen molar-refractivity contribution in [1.29, 1.82) is 0 Å². The predicted octanol–water partition coefficient (Wildman–Crippen LogP) is 3.19. The number of hydrogen-bond donors (Lipinski definition) is 1. The molecule has 2 aromatic rings. The van der Waals surface area contributed by atoms with Gasteiger partial charge >= 0.3 is 6.04 Å². The van der Waals surface area contributed by atoms with Gasteiger partial charge in [0.1, 0.15) is 12.4 Å². The number of carbonyl (C=O) groups is 2. The van der Waals surface area contributed by atoms with Gasteiger partial charge in [-0.15, -0.1) is 0 Å². The Kier molecular flexibility index (Phi) is 4.03. The van der Waals surface area contributed by atoms with Crippen LogP contribution in [-0.4, -0.2) is 34.9 Å². The normalized spacial score (nSPS) is 30.1. The summed E-state index contributed by atoms with van der Waals surface area (Å²) in [6.45, 7) is 1.11. The molecule has 3 saturated carbocycles. The maximum atomic E-state index is 13.7. The first kappa shape index (κ1) is 18.8. The first-order chi connectivity index (χ1) is 14.3. The third-order valence-electron chi connectivity index (χ3n) is 5.91. The van der Waals surface area contributed by atoms with E-state index in [-0.39, 0.29) is 35.0 Å². The Balaban J connectivity index is 1.09. The molecule has 3 aliphatic carbocycles. The fraction of sp³-hybridized carbons (Fsp3) is 0.409. The number of nitrogens with zero attached hydrogens (tertiary/aromatic N) is 1. The predicted molar refractivity (Wildman–Crippen MR) is 103 cm³/mol. The van der Waals surface area contributed by atoms with Crippen molar-refractivity contribution in [2.45, 2.75) is 44.2 Å². The van der Waals surface area contributed by atoms with Gasteiger partial charge in [-0.2, -0.15) is 4.39 Å². The molecule has 7 nitrogen and oxygen atoms in total. The van der Waals surface area contributed by atoms with Gasteiger partial charge in [0.15, 0.2) is 17.3 Å². The van der Waals surface area contributed by atoms with Gasteiger partial charge in [-0.1, -0.05) is 0 Å². The molecule has 1 unspecified atom stereocenters. The highest BCUT2D eigenvalue weighted by Crippen LogP contribution is 2.69. The largest absolute Gasteiger partial charge is 0.486 e. The van der Waals surface area contributed by atoms with Crippen LogP contribution in [0.25, 0.3) is 0 Å². The zero-order valence-electron chi connectivity index (χ0n) is 16.4. The topological polar surface area (TPSA) is 86.8 Å². The monoisotopic (exact) mass is 412 g/mol. The minimum atomic E-state index is -2.19. The lowest BCUT2D eigenvalue weighted by atomic mass is 9.38. The number of carbonyl (C=O) groups excluding carboxylic acids is 2. The number of alkyl halides is 1. The highest BCUT2D eigenvalue weighted by molar-refractivity contribution is 5.94. The molecule has 2 heterocycles. The van der Waals surface area contributed by atoms with Gasteiger partial charge in [0.05, 0.1) is 5.56 Å². The van der Waals surface area contributed by atoms with Gasteiger partial charge < -0.3 is 19.5 Å². The van der Waals surface area contributed by atoms with Gasteiger partial charge in [-0.25, -0.2) is 0 Å². The standard InChI is InChI=1S/C22H21FN2O5/c1-20(23)29-17-5-4-16(7-18(17)30-20)28-10-15(26)8-21-11-22(12-21,13-21)25-19(27)14-3-2-6-24-9-14/h2-7,9H,8,10-13H2,1H3,(H,25,27). The molecule has 6 rings (SSSR count). The molecule has 2 bridgehead atoms. The average molecular weight is 412 g/mol. The molecule has 3 fully saturated rings. The van der Waals surface area contributed by atoms with Crippen molar-refractivity contribution in [2.75, 3.05) is 6.61 Å². The molecular formula is C22H21FN2O5. The highest BCUT2D eigenvalue weighted by atomic mass is 19.2. The van der Waals surface area contributed by atoms with Crippen LogP contribution in [0.5, 0.6) is 17.2 Å². The fourth-order valence-electron chi connectivity index (χ4n) is 4.92. The molecule has 1 aliphatic heterocycles. The van der Waals surface area contributed by atoms with Crippen LogP contribution in [0.4, 0.5) is 4.39 Å². The molecule has 1 atom stereocenters. The first-order valence-corrected chi connectivity index (χ1v) is 9.84. The number of pyridine rings is 1. The van der Waals surface area contributed by atoms with Crippen molar-refractivity contribution in [3.63, 3.8) is 0 Å². The zero-order valence-corrected chi connectivity index (χ0v) is 16.4. The second-order valence-electron chi connectivity index (χ2n) is 8.66. The van der Waals surface area contributed by atoms with E-state index < -0.39 is 6.04 Å². The molecule has 1 aromatic heterocycles. The highest BCUT2D eigenvalue weighted by Gasteiger charge is 2.68. The average Bonchev–Trinajstić information content (AvgIpc) is 2.97. The Hall–Kier alpha value is -3.16. The van der Waals surface area contributed by atoms with Gasteiger partial charge in [0.25, 0.3) is 5.91 Å². The summed E-state index contributed by atoms with van der Waals surface area (Å²) in [5, 5.41) is 3.08. The van der Waals surface area contributed by atoms with Gasteiger partial charge in [0, 0.05) is 37.3 Å². The minimum Gasteiger partial charge on any atom is -0.486 e. The quantitative estimate of drug-likeness (QED) is 0.752. The van der Waals surface area contributed by atoms with Crippen molar-refractivity contribution >= 4 is 11.7 Å². The Morgan fingerprint density at radius 3 is 2.70 bits per heavy atom. The van der Waals surface area contributed by atoms with E-state index in [0.717, 1.165) is 19.3 Å². The molecule has 0 spiro atoms. The van der Waals surface area contributed by atoms with Crippen molar-refractivity contribution in [3.8, 4) is 17.2 Å². The minimum absolute atomic E-state index is 0.00474. The SMILES string of the molecule is CC1(F)Oc2ccc(OCC(=O)CC34CC(NC(=O)c5cccnc5)(C3)C4)cc2O1. The van der Waals surface area contributed by atoms with E-state index in [2.05, 4.69) is 10.3 Å². The van der Waals surface area contributed by atoms with Crippen LogP contribution in [0.2, 0.25) is 0 Å². The second-order valence-corrected chi connectivity index (χ2v) is 8.66. The number of halogens is 1. The molecule has 8 heteroatoms. The van der Waals surface area contributed by atoms with E-state index in [1.54, 1.807) is 36.7 Å². The number of benzene rings is 1. The van der Waals surface area contributed by atoms with Crippen LogP contribution in [0, 0.1) is 5.41 Å². The van der Waals surface area contributed by atoms with E-state index in [9.17, 15) is 14.0 Å². The lowest BCUT2D eigenvalue weighted by Crippen LogP contribution is -2.75. The Labute approximate surface area is 172 Å². The molecule has 4 aliphatic rings. The van der Waals surface area contributed by atoms with Crippen LogP contribution >= 0.6 is 0 Å². The number of aromatic nitrogens is 1. The number of Topliss-reactive ketones (excluding diaryl/α,β-unsaturated/α-hetero) is 1. The van der Waals surface area contributed by atoms with E-state index >= 15 is 0 Å². The maximum Gasteiger partial charge on any atom is 0.404 e. The van der Waals surface area contributed by atoms with Crippen molar-refractivity contribution in [1.82, 2.24) is 10.3 Å². The smallest absolute Gasteiger partial charge is 0.404 e. The third kappa shape index (κ3) is 3.36. The van der Waals surface area contributed by atoms with Crippen LogP contribution in [0.3, 0.4) is 0 Å². The maximum absolute atomic E-state index is 13.7. The van der Waals surface area contributed by atoms with E-state index in [1.165, 1.54) is 13.0 Å². The van der Waals surface area contributed by atoms with Crippen LogP contribution < -0.4 is 19.5 Å². The summed E-state index contributed by atoms with van der Waals surface area (Å²) >= 11 is 0. The molecule has 1 N–H and O–H groups in total. The van der Waals surface area contributed by atoms with E-state index in [1.807, 2.05) is 0 Å². The number of hydrogen-bond acceptors (Lipinski definition) is 6. The third-order valence-corrected chi connectivity index (χ3v) is 5.91. The van der Waals surface area contributed by atoms with Crippen LogP contribution in [0.1, 0.15) is 43.0 Å². The van der Waals surface area contributed by atoms with Crippen LogP contribution in [0.15, 0.2) is 42.7 Å². The number of amides is 1. The van der Waals surface area contributed by atoms with Gasteiger partial charge in [-0.05, 0) is 48.9 Å². The molecule has 0 radical (unpaired) electrons. The van der Waals surface area contributed by atoms with Gasteiger partial charge in [-0.3, -0.25) is 14.6 Å². The Morgan fingerprint density at radius 2 is 1.97 bits per heavy atom. The number of rotatable bonds is 7. The van der Waals surface area contributed by atoms with E-state index in [0.29, 0.717) is 23.5 Å². The summed E-state index contributed by atoms with van der Waals surface area (Å²) in [4.78, 5) is 28.7. The number of ether oxygens (including phenoxy) is 3. The summed E-state index contributed by atoms with van der Waals surface area (Å²) in [7, 11) is 0. The molecule has 30 heavy (non-hydrogen) atoms. The summed E-state index contributed by atoms with van der Waals surface area (Å²) in [6, 6.07) is 5.94. The Bertz CT molecular complexity index is 1000. The molecule has 156 valence electrons. The number of nitrogens with one attached hydrogen (secondary N) is 1. The number of fused-ring (bicyclic) bond motifs is 1. The van der Waals surface area contributed by atoms with Gasteiger partial charge in [0.2, 0.25) is 0 Å².